The van der Waals surface area contributed by atoms with Crippen molar-refractivity contribution in [3.8, 4) is 0 Å². The first-order valence-corrected chi connectivity index (χ1v) is 17.7. The van der Waals surface area contributed by atoms with Crippen LogP contribution in [0.25, 0.3) is 6.08 Å². The number of carbonyl (C=O) groups excluding carboxylic acids is 2. The number of ketones is 2. The summed E-state index contributed by atoms with van der Waals surface area (Å²) in [7, 11) is -1.83. The van der Waals surface area contributed by atoms with E-state index in [9.17, 15) is 9.59 Å². The molecule has 3 nitrogen and oxygen atoms in total. The van der Waals surface area contributed by atoms with Gasteiger partial charge in [-0.15, -0.1) is 0 Å². The van der Waals surface area contributed by atoms with Gasteiger partial charge in [0.25, 0.3) is 0 Å². The number of nitrogens with zero attached hydrogens (tertiary/aromatic N) is 1. The van der Waals surface area contributed by atoms with Crippen molar-refractivity contribution in [2.75, 3.05) is 4.90 Å². The second kappa shape index (κ2) is 7.17. The van der Waals surface area contributed by atoms with E-state index < -0.39 is 8.07 Å². The van der Waals surface area contributed by atoms with Crippen molar-refractivity contribution in [1.82, 2.24) is 0 Å². The molecule has 2 aliphatic heterocycles. The Labute approximate surface area is 221 Å². The second-order valence-corrected chi connectivity index (χ2v) is 19.1. The zero-order chi connectivity index (χ0) is 25.1. The molecular weight excluding hydrogens is 545 g/mol. The molecule has 0 saturated heterocycles. The Bertz CT molecular complexity index is 1670. The molecule has 4 aromatic rings. The van der Waals surface area contributed by atoms with Gasteiger partial charge in [-0.1, -0.05) is 0 Å². The summed E-state index contributed by atoms with van der Waals surface area (Å²) in [5.74, 6) is -0.299. The monoisotopic (exact) mass is 571 g/mol. The molecule has 0 atom stereocenters. The Morgan fingerprint density at radius 2 is 1.64 bits per heavy atom. The summed E-state index contributed by atoms with van der Waals surface area (Å²) in [6, 6.07) is 18.7. The van der Waals surface area contributed by atoms with Gasteiger partial charge in [0.2, 0.25) is 0 Å². The van der Waals surface area contributed by atoms with E-state index in [4.69, 9.17) is 0 Å². The molecule has 0 bridgehead atoms. The fourth-order valence-corrected chi connectivity index (χ4v) is 13.8. The number of rotatable bonds is 1. The van der Waals surface area contributed by atoms with E-state index in [2.05, 4.69) is 69.1 Å². The molecule has 2 aromatic heterocycles. The first-order valence-electron chi connectivity index (χ1n) is 12.2. The van der Waals surface area contributed by atoms with Gasteiger partial charge in [-0.3, -0.25) is 0 Å². The quantitative estimate of drug-likeness (QED) is 0.164. The standard InChI is InChI=1S/C30H25NO2SSeSi/c1-16-13-23-29(34-16)36(4,5)24-12-8-11-21-25(24)31(23)28-22(30(21,2)3)15-17(35-28)14-20-26(32)18-9-6-7-10-19(18)27(20)33/h6-15H,1-5H3. The molecule has 0 unspecified atom stereocenters. The molecule has 36 heavy (non-hydrogen) atoms. The Kier molecular flexibility index (Phi) is 4.47. The third kappa shape index (κ3) is 2.73. The summed E-state index contributed by atoms with van der Waals surface area (Å²) in [5.41, 5.74) is 6.61. The van der Waals surface area contributed by atoms with E-state index in [0.29, 0.717) is 16.7 Å². The molecule has 0 fully saturated rings. The number of hydrogen-bond donors (Lipinski definition) is 0. The topological polar surface area (TPSA) is 37.4 Å². The van der Waals surface area contributed by atoms with Crippen LogP contribution in [-0.4, -0.2) is 34.1 Å². The first kappa shape index (κ1) is 22.4. The predicted octanol–water partition coefficient (Wildman–Crippen LogP) is 5.82. The number of carbonyl (C=O) groups is 2. The van der Waals surface area contributed by atoms with Crippen LogP contribution >= 0.6 is 11.3 Å². The molecule has 1 aliphatic carbocycles. The van der Waals surface area contributed by atoms with E-state index in [-0.39, 0.29) is 31.5 Å². The van der Waals surface area contributed by atoms with Crippen molar-refractivity contribution < 1.29 is 9.59 Å². The van der Waals surface area contributed by atoms with E-state index in [1.807, 2.05) is 29.5 Å². The molecule has 0 saturated carbocycles. The first-order chi connectivity index (χ1) is 17.1. The summed E-state index contributed by atoms with van der Waals surface area (Å²) >= 11 is 1.93. The predicted molar refractivity (Wildman–Crippen MR) is 153 cm³/mol. The number of fused-ring (bicyclic) bond motifs is 5. The number of aryl methyl sites for hydroxylation is 1. The average molecular weight is 571 g/mol. The fourth-order valence-electron chi connectivity index (χ4n) is 6.14. The van der Waals surface area contributed by atoms with Crippen molar-refractivity contribution in [3.05, 3.63) is 91.7 Å². The maximum atomic E-state index is 13.1. The number of allylic oxidation sites excluding steroid dienone is 1. The van der Waals surface area contributed by atoms with Gasteiger partial charge in [0, 0.05) is 0 Å². The Hall–Kier alpha value is -2.76. The minimum absolute atomic E-state index is 0.0180. The summed E-state index contributed by atoms with van der Waals surface area (Å²) < 4.78 is 3.98. The van der Waals surface area contributed by atoms with Crippen molar-refractivity contribution in [2.45, 2.75) is 39.3 Å². The molecule has 2 aromatic carbocycles. The summed E-state index contributed by atoms with van der Waals surface area (Å²) in [6.07, 6.45) is 1.88. The van der Waals surface area contributed by atoms with Gasteiger partial charge in [-0.25, -0.2) is 0 Å². The maximum absolute atomic E-state index is 13.1. The van der Waals surface area contributed by atoms with Crippen LogP contribution in [-0.2, 0) is 5.41 Å². The normalized spacial score (nSPS) is 18.0. The van der Waals surface area contributed by atoms with Crippen LogP contribution in [0.1, 0.15) is 55.0 Å². The van der Waals surface area contributed by atoms with Crippen LogP contribution < -0.4 is 14.6 Å². The van der Waals surface area contributed by atoms with E-state index >= 15 is 0 Å². The SMILES string of the molecule is Cc1cc2c(s1)[Si](C)(C)c1cccc3c1N2c1[se]c(C=C2C(=O)c4ccccc4C2=O)cc1C3(C)C. The van der Waals surface area contributed by atoms with E-state index in [0.717, 1.165) is 4.44 Å². The van der Waals surface area contributed by atoms with Crippen molar-refractivity contribution in [2.24, 2.45) is 0 Å². The van der Waals surface area contributed by atoms with Gasteiger partial charge in [0.1, 0.15) is 0 Å². The van der Waals surface area contributed by atoms with Gasteiger partial charge < -0.3 is 0 Å². The Balaban J connectivity index is 1.46. The van der Waals surface area contributed by atoms with Gasteiger partial charge >= 0.3 is 223 Å². The molecule has 0 N–H and O–H groups in total. The fraction of sp³-hybridized carbons (Fsp3) is 0.200. The third-order valence-corrected chi connectivity index (χ3v) is 16.1. The van der Waals surface area contributed by atoms with Crippen LogP contribution in [0, 0.1) is 6.92 Å². The van der Waals surface area contributed by atoms with Crippen molar-refractivity contribution in [1.29, 1.82) is 0 Å². The molecule has 0 spiro atoms. The van der Waals surface area contributed by atoms with Crippen LogP contribution in [0.3, 0.4) is 0 Å². The molecule has 3 aliphatic rings. The number of hydrogen-bond acceptors (Lipinski definition) is 4. The molecule has 0 amide bonds. The van der Waals surface area contributed by atoms with Gasteiger partial charge in [0.05, 0.1) is 0 Å². The summed E-state index contributed by atoms with van der Waals surface area (Å²) in [6.45, 7) is 11.8. The number of benzene rings is 2. The van der Waals surface area contributed by atoms with Gasteiger partial charge in [0.15, 0.2) is 0 Å². The Morgan fingerprint density at radius 3 is 2.33 bits per heavy atom. The number of thiophene rings is 1. The Morgan fingerprint density at radius 1 is 0.944 bits per heavy atom. The second-order valence-electron chi connectivity index (χ2n) is 11.0. The molecule has 0 radical (unpaired) electrons. The summed E-state index contributed by atoms with van der Waals surface area (Å²) in [5, 5.41) is 1.51. The zero-order valence-electron chi connectivity index (χ0n) is 20.9. The molecular formula is C30H25NO2SSeSi. The van der Waals surface area contributed by atoms with Crippen molar-refractivity contribution >= 4 is 77.2 Å². The minimum atomic E-state index is -1.83. The number of Topliss-reactive ketones (excluding diaryl/α,β-unsaturated/α-hetero) is 2. The van der Waals surface area contributed by atoms with Crippen LogP contribution in [0.15, 0.2) is 60.2 Å². The molecule has 4 heterocycles. The van der Waals surface area contributed by atoms with Gasteiger partial charge in [-0.2, -0.15) is 0 Å². The molecule has 178 valence electrons. The number of para-hydroxylation sites is 1. The number of anilines is 3. The third-order valence-electron chi connectivity index (χ3n) is 8.05. The van der Waals surface area contributed by atoms with Crippen LogP contribution in [0.5, 0.6) is 0 Å². The molecule has 7 rings (SSSR count). The van der Waals surface area contributed by atoms with E-state index in [1.165, 1.54) is 41.6 Å². The zero-order valence-corrected chi connectivity index (χ0v) is 24.4. The van der Waals surface area contributed by atoms with Gasteiger partial charge in [-0.05, 0) is 0 Å². The molecule has 6 heteroatoms. The van der Waals surface area contributed by atoms with Crippen LogP contribution in [0.2, 0.25) is 13.1 Å². The van der Waals surface area contributed by atoms with Crippen LogP contribution in [0.4, 0.5) is 15.9 Å². The average Bonchev–Trinajstić information content (AvgIpc) is 3.51. The van der Waals surface area contributed by atoms with Crippen molar-refractivity contribution in [3.63, 3.8) is 0 Å². The van der Waals surface area contributed by atoms with E-state index in [1.54, 1.807) is 12.1 Å². The summed E-state index contributed by atoms with van der Waals surface area (Å²) in [4.78, 5) is 30.1.